The third-order valence-corrected chi connectivity index (χ3v) is 4.00. The van der Waals surface area contributed by atoms with Gasteiger partial charge in [0.25, 0.3) is 0 Å². The number of hydrogen-bond acceptors (Lipinski definition) is 1. The molecule has 1 nitrogen and oxygen atoms in total. The van der Waals surface area contributed by atoms with Crippen molar-refractivity contribution >= 4 is 0 Å². The summed E-state index contributed by atoms with van der Waals surface area (Å²) >= 11 is 0. The third-order valence-electron chi connectivity index (χ3n) is 4.00. The zero-order chi connectivity index (χ0) is 15.1. The molecule has 0 unspecified atom stereocenters. The Morgan fingerprint density at radius 1 is 0.810 bits per heavy atom. The maximum Gasteiger partial charge on any atom is 0.123 e. The first-order chi connectivity index (χ1) is 10.3. The highest BCUT2D eigenvalue weighted by atomic mass is 16.3. The predicted octanol–water partition coefficient (Wildman–Crippen LogP) is 5.74. The Bertz CT molecular complexity index is 558. The van der Waals surface area contributed by atoms with Crippen LogP contribution in [0.4, 0.5) is 0 Å². The summed E-state index contributed by atoms with van der Waals surface area (Å²) in [5.74, 6) is 0.410. The molecule has 0 aliphatic rings. The maximum absolute atomic E-state index is 10.4. The van der Waals surface area contributed by atoms with Crippen molar-refractivity contribution in [3.05, 3.63) is 53.6 Å². The van der Waals surface area contributed by atoms with E-state index in [1.165, 1.54) is 30.4 Å². The minimum absolute atomic E-state index is 0.410. The van der Waals surface area contributed by atoms with Crippen LogP contribution in [0.2, 0.25) is 0 Å². The summed E-state index contributed by atoms with van der Waals surface area (Å²) in [6.07, 6.45) is 6.94. The predicted molar refractivity (Wildman–Crippen MR) is 90.8 cm³/mol. The summed E-state index contributed by atoms with van der Waals surface area (Å²) in [6, 6.07) is 14.2. The van der Waals surface area contributed by atoms with Crippen LogP contribution in [-0.2, 0) is 12.8 Å². The van der Waals surface area contributed by atoms with Crippen LogP contribution in [0.5, 0.6) is 5.75 Å². The largest absolute Gasteiger partial charge is 0.507 e. The highest BCUT2D eigenvalue weighted by Gasteiger charge is 2.14. The van der Waals surface area contributed by atoms with Gasteiger partial charge >= 0.3 is 0 Å². The molecule has 0 heterocycles. The highest BCUT2D eigenvalue weighted by Crippen LogP contribution is 2.36. The number of unbranched alkanes of at least 4 members (excludes halogenated alkanes) is 2. The van der Waals surface area contributed by atoms with E-state index in [9.17, 15) is 5.11 Å². The Morgan fingerprint density at radius 2 is 1.57 bits per heavy atom. The summed E-state index contributed by atoms with van der Waals surface area (Å²) in [6.45, 7) is 4.44. The van der Waals surface area contributed by atoms with Gasteiger partial charge in [0, 0.05) is 5.56 Å². The molecule has 0 fully saturated rings. The van der Waals surface area contributed by atoms with Crippen molar-refractivity contribution in [3.8, 4) is 16.9 Å². The lowest BCUT2D eigenvalue weighted by Crippen LogP contribution is -1.99. The van der Waals surface area contributed by atoms with Crippen molar-refractivity contribution in [2.24, 2.45) is 0 Å². The lowest BCUT2D eigenvalue weighted by Gasteiger charge is -2.16. The molecule has 112 valence electrons. The van der Waals surface area contributed by atoms with E-state index in [1.807, 2.05) is 24.3 Å². The standard InChI is InChI=1S/C20H26O/c1-3-5-7-13-18-16(10-4-2)14-15-19(21)20(18)17-11-8-6-9-12-17/h6,8-9,11-12,14-15,21H,3-5,7,10,13H2,1-2H3. The number of hydrogen-bond donors (Lipinski definition) is 1. The molecule has 0 saturated heterocycles. The summed E-state index contributed by atoms with van der Waals surface area (Å²) in [7, 11) is 0. The van der Waals surface area contributed by atoms with Gasteiger partial charge < -0.3 is 5.11 Å². The average Bonchev–Trinajstić information content (AvgIpc) is 2.51. The van der Waals surface area contributed by atoms with Crippen LogP contribution in [0, 0.1) is 0 Å². The van der Waals surface area contributed by atoms with Crippen LogP contribution in [0.3, 0.4) is 0 Å². The van der Waals surface area contributed by atoms with Gasteiger partial charge in [0.2, 0.25) is 0 Å². The SMILES string of the molecule is CCCCCc1c(CCC)ccc(O)c1-c1ccccc1. The van der Waals surface area contributed by atoms with Crippen LogP contribution in [0.15, 0.2) is 42.5 Å². The molecule has 2 aromatic rings. The van der Waals surface area contributed by atoms with Crippen molar-refractivity contribution < 1.29 is 5.11 Å². The fraction of sp³-hybridized carbons (Fsp3) is 0.400. The van der Waals surface area contributed by atoms with Crippen LogP contribution in [0.1, 0.15) is 50.7 Å². The van der Waals surface area contributed by atoms with E-state index in [0.29, 0.717) is 5.75 Å². The Labute approximate surface area is 128 Å². The minimum Gasteiger partial charge on any atom is -0.507 e. The van der Waals surface area contributed by atoms with Gasteiger partial charge in [0.15, 0.2) is 0 Å². The van der Waals surface area contributed by atoms with E-state index in [0.717, 1.165) is 30.4 Å². The fourth-order valence-electron chi connectivity index (χ4n) is 2.95. The lowest BCUT2D eigenvalue weighted by atomic mass is 9.89. The van der Waals surface area contributed by atoms with Crippen molar-refractivity contribution in [2.75, 3.05) is 0 Å². The van der Waals surface area contributed by atoms with Gasteiger partial charge in [-0.05, 0) is 42.0 Å². The van der Waals surface area contributed by atoms with Gasteiger partial charge in [0.05, 0.1) is 0 Å². The van der Waals surface area contributed by atoms with E-state index in [2.05, 4.69) is 32.0 Å². The molecule has 2 rings (SSSR count). The molecule has 0 saturated carbocycles. The van der Waals surface area contributed by atoms with Gasteiger partial charge in [-0.3, -0.25) is 0 Å². The zero-order valence-corrected chi connectivity index (χ0v) is 13.2. The minimum atomic E-state index is 0.410. The van der Waals surface area contributed by atoms with E-state index in [1.54, 1.807) is 0 Å². The van der Waals surface area contributed by atoms with Crippen LogP contribution >= 0.6 is 0 Å². The number of benzene rings is 2. The fourth-order valence-corrected chi connectivity index (χ4v) is 2.95. The Morgan fingerprint density at radius 3 is 2.24 bits per heavy atom. The first kappa shape index (κ1) is 15.6. The Balaban J connectivity index is 2.47. The van der Waals surface area contributed by atoms with Crippen LogP contribution in [0.25, 0.3) is 11.1 Å². The number of rotatable bonds is 7. The van der Waals surface area contributed by atoms with Crippen molar-refractivity contribution in [3.63, 3.8) is 0 Å². The second-order valence-electron chi connectivity index (χ2n) is 5.67. The molecule has 0 aromatic heterocycles. The van der Waals surface area contributed by atoms with Crippen LogP contribution in [-0.4, -0.2) is 5.11 Å². The number of phenols is 1. The van der Waals surface area contributed by atoms with Gasteiger partial charge in [-0.2, -0.15) is 0 Å². The molecule has 0 bridgehead atoms. The Kier molecular flexibility index (Phi) is 5.86. The van der Waals surface area contributed by atoms with Crippen molar-refractivity contribution in [1.82, 2.24) is 0 Å². The lowest BCUT2D eigenvalue weighted by molar-refractivity contribution is 0.476. The zero-order valence-electron chi connectivity index (χ0n) is 13.2. The van der Waals surface area contributed by atoms with Crippen LogP contribution < -0.4 is 0 Å². The first-order valence-corrected chi connectivity index (χ1v) is 8.17. The number of aromatic hydroxyl groups is 1. The summed E-state index contributed by atoms with van der Waals surface area (Å²) in [4.78, 5) is 0. The molecule has 0 amide bonds. The monoisotopic (exact) mass is 282 g/mol. The third kappa shape index (κ3) is 3.87. The Hall–Kier alpha value is -1.76. The quantitative estimate of drug-likeness (QED) is 0.641. The molecule has 0 aliphatic carbocycles. The molecular formula is C20H26O. The summed E-state index contributed by atoms with van der Waals surface area (Å²) in [5, 5.41) is 10.4. The molecule has 0 radical (unpaired) electrons. The second kappa shape index (κ2) is 7.87. The molecule has 1 N–H and O–H groups in total. The molecule has 21 heavy (non-hydrogen) atoms. The molecule has 0 aliphatic heterocycles. The smallest absolute Gasteiger partial charge is 0.123 e. The second-order valence-corrected chi connectivity index (χ2v) is 5.67. The highest BCUT2D eigenvalue weighted by molar-refractivity contribution is 5.75. The molecule has 0 atom stereocenters. The number of aryl methyl sites for hydroxylation is 1. The van der Waals surface area contributed by atoms with Crippen molar-refractivity contribution in [1.29, 1.82) is 0 Å². The summed E-state index contributed by atoms with van der Waals surface area (Å²) < 4.78 is 0. The van der Waals surface area contributed by atoms with E-state index in [-0.39, 0.29) is 0 Å². The molecule has 2 aromatic carbocycles. The van der Waals surface area contributed by atoms with Gasteiger partial charge in [-0.25, -0.2) is 0 Å². The normalized spacial score (nSPS) is 10.8. The van der Waals surface area contributed by atoms with E-state index in [4.69, 9.17) is 0 Å². The molecule has 0 spiro atoms. The first-order valence-electron chi connectivity index (χ1n) is 8.17. The van der Waals surface area contributed by atoms with Gasteiger partial charge in [-0.1, -0.05) is 69.5 Å². The van der Waals surface area contributed by atoms with Gasteiger partial charge in [-0.15, -0.1) is 0 Å². The van der Waals surface area contributed by atoms with E-state index < -0.39 is 0 Å². The maximum atomic E-state index is 10.4. The molecular weight excluding hydrogens is 256 g/mol. The van der Waals surface area contributed by atoms with Crippen molar-refractivity contribution in [2.45, 2.75) is 52.4 Å². The topological polar surface area (TPSA) is 20.2 Å². The molecule has 1 heteroatoms. The van der Waals surface area contributed by atoms with E-state index >= 15 is 0 Å². The summed E-state index contributed by atoms with van der Waals surface area (Å²) in [5.41, 5.74) is 4.90. The number of phenolic OH excluding ortho intramolecular Hbond substituents is 1. The average molecular weight is 282 g/mol. The van der Waals surface area contributed by atoms with Gasteiger partial charge in [0.1, 0.15) is 5.75 Å².